The summed E-state index contributed by atoms with van der Waals surface area (Å²) in [5.41, 5.74) is 0. The van der Waals surface area contributed by atoms with Gasteiger partial charge in [0, 0.05) is 7.11 Å². The van der Waals surface area contributed by atoms with Gasteiger partial charge in [-0.25, -0.2) is 4.18 Å². The Bertz CT molecular complexity index is 216. The Morgan fingerprint density at radius 2 is 1.64 bits per heavy atom. The molecule has 3 nitrogen and oxygen atoms in total. The van der Waals surface area contributed by atoms with Crippen LogP contribution in [0.2, 0.25) is 0 Å². The maximum absolute atomic E-state index is 12.3. The fourth-order valence-electron chi connectivity index (χ4n) is 0.484. The lowest BCUT2D eigenvalue weighted by Crippen LogP contribution is -2.48. The molecule has 0 fully saturated rings. The van der Waals surface area contributed by atoms with Crippen molar-refractivity contribution in [1.29, 1.82) is 0 Å². The molecule has 0 amide bonds. The molecule has 2 atom stereocenters. The van der Waals surface area contributed by atoms with E-state index in [0.29, 0.717) is 0 Å². The number of ether oxygens (including phenoxy) is 1. The van der Waals surface area contributed by atoms with Gasteiger partial charge in [0.25, 0.3) is 6.10 Å². The van der Waals surface area contributed by atoms with E-state index in [9.17, 15) is 30.0 Å². The van der Waals surface area contributed by atoms with Crippen molar-refractivity contribution in [1.82, 2.24) is 0 Å². The van der Waals surface area contributed by atoms with E-state index in [1.54, 1.807) is 0 Å². The van der Waals surface area contributed by atoms with E-state index < -0.39 is 29.9 Å². The van der Waals surface area contributed by atoms with Crippen molar-refractivity contribution in [3.63, 3.8) is 0 Å². The fourth-order valence-corrected chi connectivity index (χ4v) is 0.856. The molecule has 14 heavy (non-hydrogen) atoms. The molecule has 0 aliphatic rings. The molecule has 0 heterocycles. The summed E-state index contributed by atoms with van der Waals surface area (Å²) in [6.07, 6.45) is -14.3. The summed E-state index contributed by atoms with van der Waals surface area (Å²) >= 11 is -3.97. The number of alkyl halides is 5. The second-order valence-corrected chi connectivity index (χ2v) is 2.56. The van der Waals surface area contributed by atoms with E-state index in [1.165, 1.54) is 0 Å². The van der Waals surface area contributed by atoms with Gasteiger partial charge in [-0.2, -0.15) is 26.2 Å². The first-order chi connectivity index (χ1) is 6.11. The lowest BCUT2D eigenvalue weighted by molar-refractivity contribution is -0.337. The van der Waals surface area contributed by atoms with Crippen molar-refractivity contribution in [3.8, 4) is 0 Å². The molecule has 0 radical (unpaired) electrons. The summed E-state index contributed by atoms with van der Waals surface area (Å²) < 4.78 is 87.1. The highest BCUT2D eigenvalue weighted by molar-refractivity contribution is 7.74. The number of halogens is 6. The molecule has 2 unspecified atom stereocenters. The van der Waals surface area contributed by atoms with Gasteiger partial charge in [0.05, 0.1) is 0 Å². The second kappa shape index (κ2) is 4.45. The van der Waals surface area contributed by atoms with Crippen LogP contribution in [0.25, 0.3) is 0 Å². The average molecular weight is 246 g/mol. The minimum atomic E-state index is -5.60. The molecular formula is C4H4F6O3S. The zero-order valence-corrected chi connectivity index (χ0v) is 7.29. The Balaban J connectivity index is 4.82. The molecular weight excluding hydrogens is 242 g/mol. The zero-order chi connectivity index (χ0) is 11.6. The lowest BCUT2D eigenvalue weighted by atomic mass is 10.3. The van der Waals surface area contributed by atoms with Gasteiger partial charge in [-0.1, -0.05) is 0 Å². The van der Waals surface area contributed by atoms with E-state index in [4.69, 9.17) is 0 Å². The summed E-state index contributed by atoms with van der Waals surface area (Å²) in [5.74, 6) is 0. The molecule has 0 rings (SSSR count). The Labute approximate surface area is 76.9 Å². The van der Waals surface area contributed by atoms with Crippen LogP contribution in [0.1, 0.15) is 0 Å². The SMILES string of the molecule is COC(F)(F)C(OS(=O)F)C(F)(F)F. The van der Waals surface area contributed by atoms with Gasteiger partial charge in [0.2, 0.25) is 0 Å². The van der Waals surface area contributed by atoms with Crippen LogP contribution in [0.5, 0.6) is 0 Å². The Morgan fingerprint density at radius 3 is 1.86 bits per heavy atom. The Kier molecular flexibility index (Phi) is 4.34. The highest BCUT2D eigenvalue weighted by Gasteiger charge is 2.59. The van der Waals surface area contributed by atoms with E-state index in [0.717, 1.165) is 0 Å². The maximum Gasteiger partial charge on any atom is 0.424 e. The predicted octanol–water partition coefficient (Wildman–Crippen LogP) is 1.72. The fraction of sp³-hybridized carbons (Fsp3) is 1.00. The van der Waals surface area contributed by atoms with Crippen molar-refractivity contribution in [3.05, 3.63) is 0 Å². The van der Waals surface area contributed by atoms with Crippen LogP contribution in [0.15, 0.2) is 0 Å². The minimum Gasteiger partial charge on any atom is -0.321 e. The molecule has 86 valence electrons. The second-order valence-electron chi connectivity index (χ2n) is 1.98. The van der Waals surface area contributed by atoms with Crippen LogP contribution in [-0.4, -0.2) is 29.7 Å². The normalized spacial score (nSPS) is 17.9. The van der Waals surface area contributed by atoms with Crippen LogP contribution in [-0.2, 0) is 20.4 Å². The topological polar surface area (TPSA) is 35.5 Å². The standard InChI is InChI=1S/C4H4F6O3S/c1-12-4(8,9)2(3(5,6)7)13-14(10)11/h2H,1H3. The molecule has 0 aliphatic heterocycles. The van der Waals surface area contributed by atoms with Gasteiger partial charge in [-0.05, 0) is 0 Å². The third kappa shape index (κ3) is 3.80. The van der Waals surface area contributed by atoms with Crippen molar-refractivity contribution in [2.75, 3.05) is 7.11 Å². The summed E-state index contributed by atoms with van der Waals surface area (Å²) in [5, 5.41) is 0. The molecule has 0 saturated carbocycles. The Hall–Kier alpha value is -0.350. The van der Waals surface area contributed by atoms with E-state index in [-0.39, 0.29) is 7.11 Å². The van der Waals surface area contributed by atoms with Gasteiger partial charge < -0.3 is 4.74 Å². The van der Waals surface area contributed by atoms with E-state index in [1.807, 2.05) is 0 Å². The monoisotopic (exact) mass is 246 g/mol. The number of hydrogen-bond donors (Lipinski definition) is 0. The van der Waals surface area contributed by atoms with E-state index >= 15 is 0 Å². The Morgan fingerprint density at radius 1 is 1.21 bits per heavy atom. The molecule has 0 saturated heterocycles. The first kappa shape index (κ1) is 13.7. The molecule has 0 aromatic rings. The summed E-state index contributed by atoms with van der Waals surface area (Å²) in [6.45, 7) is 0. The quantitative estimate of drug-likeness (QED) is 0.559. The van der Waals surface area contributed by atoms with Crippen LogP contribution >= 0.6 is 0 Å². The van der Waals surface area contributed by atoms with Gasteiger partial charge in [0.15, 0.2) is 0 Å². The molecule has 0 aliphatic carbocycles. The van der Waals surface area contributed by atoms with Gasteiger partial charge >= 0.3 is 23.8 Å². The van der Waals surface area contributed by atoms with Crippen molar-refractivity contribution in [2.45, 2.75) is 18.4 Å². The number of methoxy groups -OCH3 is 1. The summed E-state index contributed by atoms with van der Waals surface area (Å²) in [7, 11) is 0.267. The van der Waals surface area contributed by atoms with Crippen molar-refractivity contribution < 1.29 is 39.0 Å². The molecule has 0 N–H and O–H groups in total. The van der Waals surface area contributed by atoms with E-state index in [2.05, 4.69) is 8.92 Å². The van der Waals surface area contributed by atoms with Crippen LogP contribution in [0, 0.1) is 0 Å². The lowest BCUT2D eigenvalue weighted by Gasteiger charge is -2.24. The van der Waals surface area contributed by atoms with Crippen LogP contribution < -0.4 is 0 Å². The molecule has 10 heteroatoms. The predicted molar refractivity (Wildman–Crippen MR) is 32.1 cm³/mol. The van der Waals surface area contributed by atoms with Crippen LogP contribution in [0.3, 0.4) is 0 Å². The van der Waals surface area contributed by atoms with Crippen LogP contribution in [0.4, 0.5) is 25.8 Å². The zero-order valence-electron chi connectivity index (χ0n) is 6.48. The number of rotatable bonds is 4. The maximum atomic E-state index is 12.3. The third-order valence-corrected chi connectivity index (χ3v) is 1.39. The third-order valence-electron chi connectivity index (χ3n) is 1.05. The van der Waals surface area contributed by atoms with Gasteiger partial charge in [0.1, 0.15) is 0 Å². The minimum absolute atomic E-state index is 0.267. The van der Waals surface area contributed by atoms with Gasteiger partial charge in [-0.3, -0.25) is 0 Å². The first-order valence-corrected chi connectivity index (χ1v) is 3.83. The molecule has 0 spiro atoms. The summed E-state index contributed by atoms with van der Waals surface area (Å²) in [6, 6.07) is 0. The van der Waals surface area contributed by atoms with Crippen molar-refractivity contribution >= 4 is 11.5 Å². The molecule has 0 aromatic heterocycles. The van der Waals surface area contributed by atoms with Crippen molar-refractivity contribution in [2.24, 2.45) is 0 Å². The summed E-state index contributed by atoms with van der Waals surface area (Å²) in [4.78, 5) is 0. The van der Waals surface area contributed by atoms with Gasteiger partial charge in [-0.15, -0.1) is 3.89 Å². The number of hydrogen-bond acceptors (Lipinski definition) is 3. The largest absolute Gasteiger partial charge is 0.424 e. The first-order valence-electron chi connectivity index (χ1n) is 2.86. The smallest absolute Gasteiger partial charge is 0.321 e. The average Bonchev–Trinajstić information content (AvgIpc) is 1.98. The highest BCUT2D eigenvalue weighted by atomic mass is 32.2. The highest BCUT2D eigenvalue weighted by Crippen LogP contribution is 2.35. The molecule has 0 bridgehead atoms. The molecule has 0 aromatic carbocycles.